The van der Waals surface area contributed by atoms with Crippen molar-refractivity contribution in [3.8, 4) is 5.88 Å². The number of likely N-dealkylation sites (tertiary alicyclic amines) is 1. The highest BCUT2D eigenvalue weighted by molar-refractivity contribution is 7.80. The average Bonchev–Trinajstić information content (AvgIpc) is 3.15. The Morgan fingerprint density at radius 2 is 1.84 bits per heavy atom. The largest absolute Gasteiger partial charge is 0.493 e. The lowest BCUT2D eigenvalue weighted by atomic mass is 10.1. The van der Waals surface area contributed by atoms with Gasteiger partial charge in [-0.25, -0.2) is 0 Å². The minimum absolute atomic E-state index is 0.0301. The summed E-state index contributed by atoms with van der Waals surface area (Å²) >= 11 is 4.80. The summed E-state index contributed by atoms with van der Waals surface area (Å²) in [6, 6.07) is 4.36. The van der Waals surface area contributed by atoms with Gasteiger partial charge in [-0.1, -0.05) is 6.42 Å². The lowest BCUT2D eigenvalue weighted by Gasteiger charge is -2.27. The van der Waals surface area contributed by atoms with Gasteiger partial charge in [0.1, 0.15) is 0 Å². The van der Waals surface area contributed by atoms with E-state index in [0.29, 0.717) is 12.4 Å². The van der Waals surface area contributed by atoms with Gasteiger partial charge < -0.3 is 10.8 Å². The number of rotatable bonds is 3. The molecule has 1 aromatic carbocycles. The van der Waals surface area contributed by atoms with Crippen LogP contribution in [0.4, 0.5) is 5.69 Å². The third-order valence-corrected chi connectivity index (χ3v) is 5.34. The van der Waals surface area contributed by atoms with Crippen LogP contribution in [0.1, 0.15) is 36.8 Å². The Hall–Kier alpha value is -1.99. The number of azo groups is 1. The molecule has 1 saturated heterocycles. The van der Waals surface area contributed by atoms with Crippen LogP contribution in [-0.4, -0.2) is 32.8 Å². The van der Waals surface area contributed by atoms with Gasteiger partial charge in [0.05, 0.1) is 12.2 Å². The van der Waals surface area contributed by atoms with Gasteiger partial charge in [-0.15, -0.1) is 10.2 Å². The smallest absolute Gasteiger partial charge is 0.221 e. The fraction of sp³-hybridized carbons (Fsp3) is 0.500. The zero-order valence-corrected chi connectivity index (χ0v) is 15.1. The molecule has 7 heteroatoms. The molecule has 0 radical (unpaired) electrons. The molecule has 0 atom stereocenters. The Balaban J connectivity index is 1.82. The summed E-state index contributed by atoms with van der Waals surface area (Å²) in [5.74, 6) is 0.143. The monoisotopic (exact) mass is 357 g/mol. The molecule has 0 bridgehead atoms. The predicted octanol–water partition coefficient (Wildman–Crippen LogP) is 3.61. The zero-order chi connectivity index (χ0) is 17.4. The highest BCUT2D eigenvalue weighted by Gasteiger charge is 2.22. The predicted molar refractivity (Wildman–Crippen MR) is 102 cm³/mol. The van der Waals surface area contributed by atoms with Gasteiger partial charge in [-0.05, 0) is 80.7 Å². The number of benzene rings is 1. The van der Waals surface area contributed by atoms with Crippen molar-refractivity contribution in [3.63, 3.8) is 0 Å². The van der Waals surface area contributed by atoms with Crippen LogP contribution in [0.3, 0.4) is 0 Å². The van der Waals surface area contributed by atoms with Gasteiger partial charge in [0.25, 0.3) is 0 Å². The number of fused-ring (bicyclic) bond motifs is 2. The molecule has 6 nitrogen and oxygen atoms in total. The van der Waals surface area contributed by atoms with E-state index in [-0.39, 0.29) is 11.0 Å². The number of hydrogen-bond donors (Lipinski definition) is 2. The molecule has 2 aliphatic rings. The second-order valence-electron chi connectivity index (χ2n) is 6.95. The third-order valence-electron chi connectivity index (χ3n) is 5.26. The number of thiocarbonyl (C=S) groups is 1. The molecule has 3 N–H and O–H groups in total. The minimum atomic E-state index is -0.0301. The van der Waals surface area contributed by atoms with E-state index in [1.807, 2.05) is 4.57 Å². The number of aromatic nitrogens is 1. The molecule has 1 aliphatic heterocycles. The van der Waals surface area contributed by atoms with E-state index in [0.717, 1.165) is 36.8 Å². The van der Waals surface area contributed by atoms with E-state index >= 15 is 0 Å². The lowest BCUT2D eigenvalue weighted by Crippen LogP contribution is -2.31. The molecule has 25 heavy (non-hydrogen) atoms. The van der Waals surface area contributed by atoms with Crippen LogP contribution in [0.2, 0.25) is 0 Å². The quantitative estimate of drug-likeness (QED) is 0.650. The number of hydrogen-bond acceptors (Lipinski definition) is 4. The molecule has 2 heterocycles. The number of nitrogens with zero attached hydrogens (tertiary/aromatic N) is 4. The Kier molecular flexibility index (Phi) is 4.43. The van der Waals surface area contributed by atoms with Crippen molar-refractivity contribution in [2.75, 3.05) is 13.1 Å². The summed E-state index contributed by atoms with van der Waals surface area (Å²) in [6.07, 6.45) is 7.08. The van der Waals surface area contributed by atoms with Gasteiger partial charge in [0, 0.05) is 5.39 Å². The summed E-state index contributed by atoms with van der Waals surface area (Å²) in [5.41, 5.74) is 9.66. The third kappa shape index (κ3) is 3.14. The van der Waals surface area contributed by atoms with Gasteiger partial charge in [0.2, 0.25) is 11.0 Å². The minimum Gasteiger partial charge on any atom is -0.493 e. The van der Waals surface area contributed by atoms with Crippen molar-refractivity contribution in [1.29, 1.82) is 0 Å². The summed E-state index contributed by atoms with van der Waals surface area (Å²) in [4.78, 5) is 2.38. The van der Waals surface area contributed by atoms with Crippen LogP contribution in [-0.2, 0) is 19.5 Å². The lowest BCUT2D eigenvalue weighted by molar-refractivity contribution is 0.178. The van der Waals surface area contributed by atoms with E-state index in [1.165, 1.54) is 36.8 Å². The normalized spacial score (nSPS) is 18.2. The summed E-state index contributed by atoms with van der Waals surface area (Å²) < 4.78 is 1.95. The van der Waals surface area contributed by atoms with Crippen LogP contribution in [0, 0.1) is 0 Å². The van der Waals surface area contributed by atoms with Crippen molar-refractivity contribution in [2.24, 2.45) is 16.0 Å². The van der Waals surface area contributed by atoms with Gasteiger partial charge >= 0.3 is 0 Å². The van der Waals surface area contributed by atoms with E-state index < -0.39 is 0 Å². The SMILES string of the molecule is NC(=S)N=Nc1c(O)n(CN2CCCCC2)c2cc3c(cc12)CCC3. The molecule has 0 unspecified atom stereocenters. The van der Waals surface area contributed by atoms with Crippen LogP contribution in [0.5, 0.6) is 5.88 Å². The molecule has 0 amide bonds. The van der Waals surface area contributed by atoms with Crippen LogP contribution < -0.4 is 5.73 Å². The van der Waals surface area contributed by atoms with Gasteiger partial charge in [-0.2, -0.15) is 0 Å². The molecule has 0 spiro atoms. The maximum Gasteiger partial charge on any atom is 0.221 e. The fourth-order valence-electron chi connectivity index (χ4n) is 4.03. The van der Waals surface area contributed by atoms with Crippen molar-refractivity contribution in [2.45, 2.75) is 45.2 Å². The van der Waals surface area contributed by atoms with Crippen molar-refractivity contribution in [1.82, 2.24) is 9.47 Å². The van der Waals surface area contributed by atoms with E-state index in [2.05, 4.69) is 27.3 Å². The van der Waals surface area contributed by atoms with Crippen molar-refractivity contribution in [3.05, 3.63) is 23.3 Å². The number of piperidine rings is 1. The highest BCUT2D eigenvalue weighted by Crippen LogP contribution is 2.41. The Morgan fingerprint density at radius 3 is 2.56 bits per heavy atom. The number of aromatic hydroxyl groups is 1. The average molecular weight is 357 g/mol. The summed E-state index contributed by atoms with van der Waals surface area (Å²) in [7, 11) is 0. The standard InChI is InChI=1S/C18H23N5OS/c19-18(25)21-20-16-14-9-12-5-4-6-13(12)10-15(14)23(17(16)24)11-22-7-2-1-3-8-22/h9-10,24H,1-8,11H2,(H2,19,25). The Labute approximate surface area is 152 Å². The second kappa shape index (κ2) is 6.72. The molecule has 1 aliphatic carbocycles. The summed E-state index contributed by atoms with van der Waals surface area (Å²) in [5, 5.41) is 19.7. The molecule has 132 valence electrons. The first-order valence-electron chi connectivity index (χ1n) is 8.94. The van der Waals surface area contributed by atoms with Crippen molar-refractivity contribution >= 4 is 33.9 Å². The molecule has 1 aromatic heterocycles. The molecule has 4 rings (SSSR count). The number of nitrogens with two attached hydrogens (primary N) is 1. The van der Waals surface area contributed by atoms with Crippen molar-refractivity contribution < 1.29 is 5.11 Å². The van der Waals surface area contributed by atoms with E-state index in [4.69, 9.17) is 18.0 Å². The van der Waals surface area contributed by atoms with Crippen LogP contribution in [0.25, 0.3) is 10.9 Å². The molecule has 0 saturated carbocycles. The second-order valence-corrected chi connectivity index (χ2v) is 7.37. The molecule has 1 fully saturated rings. The van der Waals surface area contributed by atoms with E-state index in [9.17, 15) is 5.11 Å². The Bertz CT molecular complexity index is 851. The fourth-order valence-corrected chi connectivity index (χ4v) is 4.07. The van der Waals surface area contributed by atoms with Gasteiger partial charge in [-0.3, -0.25) is 9.47 Å². The topological polar surface area (TPSA) is 79.1 Å². The van der Waals surface area contributed by atoms with Gasteiger partial charge in [0.15, 0.2) is 5.69 Å². The molecule has 2 aromatic rings. The first kappa shape index (κ1) is 16.5. The van der Waals surface area contributed by atoms with Crippen LogP contribution in [0.15, 0.2) is 22.4 Å². The maximum absolute atomic E-state index is 10.8. The zero-order valence-electron chi connectivity index (χ0n) is 14.2. The molecular formula is C18H23N5OS. The summed E-state index contributed by atoms with van der Waals surface area (Å²) in [6.45, 7) is 2.80. The number of aryl methyl sites for hydroxylation is 2. The maximum atomic E-state index is 10.8. The first-order chi connectivity index (χ1) is 12.1. The molecular weight excluding hydrogens is 334 g/mol. The Morgan fingerprint density at radius 1 is 1.12 bits per heavy atom. The van der Waals surface area contributed by atoms with Crippen LogP contribution >= 0.6 is 12.2 Å². The highest BCUT2D eigenvalue weighted by atomic mass is 32.1. The first-order valence-corrected chi connectivity index (χ1v) is 9.35. The van der Waals surface area contributed by atoms with E-state index in [1.54, 1.807) is 0 Å².